The van der Waals surface area contributed by atoms with Crippen molar-refractivity contribution < 1.29 is 10.2 Å². The Kier molecular flexibility index (Phi) is 4.86. The van der Waals surface area contributed by atoms with Crippen LogP contribution in [-0.2, 0) is 0 Å². The Morgan fingerprint density at radius 1 is 1.50 bits per heavy atom. The van der Waals surface area contributed by atoms with Gasteiger partial charge in [0.15, 0.2) is 0 Å². The van der Waals surface area contributed by atoms with Gasteiger partial charge in [-0.2, -0.15) is 0 Å². The van der Waals surface area contributed by atoms with E-state index in [9.17, 15) is 10.2 Å². The van der Waals surface area contributed by atoms with E-state index < -0.39 is 5.54 Å². The zero-order valence-electron chi connectivity index (χ0n) is 10.0. The lowest BCUT2D eigenvalue weighted by atomic mass is 9.97. The van der Waals surface area contributed by atoms with Crippen LogP contribution in [0.1, 0.15) is 36.9 Å². The molecule has 92 valence electrons. The molecule has 0 bridgehead atoms. The molecule has 0 amide bonds. The van der Waals surface area contributed by atoms with Crippen LogP contribution in [0.15, 0.2) is 5.51 Å². The van der Waals surface area contributed by atoms with E-state index in [0.29, 0.717) is 6.42 Å². The van der Waals surface area contributed by atoms with Gasteiger partial charge in [0.1, 0.15) is 0 Å². The average molecular weight is 244 g/mol. The van der Waals surface area contributed by atoms with Crippen molar-refractivity contribution in [2.75, 3.05) is 13.2 Å². The molecule has 16 heavy (non-hydrogen) atoms. The molecular formula is C11H20N2O2S. The van der Waals surface area contributed by atoms with Crippen LogP contribution in [0.25, 0.3) is 0 Å². The molecule has 0 aliphatic rings. The van der Waals surface area contributed by atoms with Gasteiger partial charge in [0, 0.05) is 10.9 Å². The first-order valence-electron chi connectivity index (χ1n) is 5.48. The topological polar surface area (TPSA) is 65.4 Å². The molecule has 1 aromatic heterocycles. The first-order valence-corrected chi connectivity index (χ1v) is 6.36. The summed E-state index contributed by atoms with van der Waals surface area (Å²) in [5.74, 6) is 0. The third-order valence-electron chi connectivity index (χ3n) is 2.98. The Bertz CT molecular complexity index is 315. The standard InChI is InChI=1S/C11H20N2O2S/c1-4-11(5-14,6-15)13-9(3)10-8(2)12-7-16-10/h7,9,13-15H,4-6H2,1-3H3. The highest BCUT2D eigenvalue weighted by Crippen LogP contribution is 2.24. The zero-order chi connectivity index (χ0) is 12.2. The second-order valence-electron chi connectivity index (χ2n) is 4.12. The molecular weight excluding hydrogens is 224 g/mol. The summed E-state index contributed by atoms with van der Waals surface area (Å²) in [4.78, 5) is 5.35. The van der Waals surface area contributed by atoms with Crippen LogP contribution in [0.2, 0.25) is 0 Å². The van der Waals surface area contributed by atoms with Crippen LogP contribution in [0.5, 0.6) is 0 Å². The van der Waals surface area contributed by atoms with Gasteiger partial charge < -0.3 is 10.2 Å². The summed E-state index contributed by atoms with van der Waals surface area (Å²) in [7, 11) is 0. The molecule has 0 aliphatic carbocycles. The number of rotatable bonds is 6. The van der Waals surface area contributed by atoms with E-state index in [1.165, 1.54) is 0 Å². The fourth-order valence-electron chi connectivity index (χ4n) is 1.72. The Hall–Kier alpha value is -0.490. The molecule has 0 saturated carbocycles. The molecule has 1 heterocycles. The maximum absolute atomic E-state index is 9.36. The summed E-state index contributed by atoms with van der Waals surface area (Å²) < 4.78 is 0. The van der Waals surface area contributed by atoms with Gasteiger partial charge in [-0.25, -0.2) is 4.98 Å². The van der Waals surface area contributed by atoms with Crippen LogP contribution in [0, 0.1) is 6.92 Å². The summed E-state index contributed by atoms with van der Waals surface area (Å²) in [5.41, 5.74) is 2.22. The van der Waals surface area contributed by atoms with Crippen molar-refractivity contribution in [1.82, 2.24) is 10.3 Å². The first-order chi connectivity index (χ1) is 7.58. The third kappa shape index (κ3) is 2.79. The first kappa shape index (κ1) is 13.6. The van der Waals surface area contributed by atoms with E-state index in [1.54, 1.807) is 11.3 Å². The molecule has 1 atom stereocenters. The number of aryl methyl sites for hydroxylation is 1. The van der Waals surface area contributed by atoms with Crippen molar-refractivity contribution in [1.29, 1.82) is 0 Å². The molecule has 1 aromatic rings. The quantitative estimate of drug-likeness (QED) is 0.704. The van der Waals surface area contributed by atoms with Crippen LogP contribution in [0.3, 0.4) is 0 Å². The summed E-state index contributed by atoms with van der Waals surface area (Å²) >= 11 is 1.59. The third-order valence-corrected chi connectivity index (χ3v) is 4.09. The second kappa shape index (κ2) is 5.72. The Morgan fingerprint density at radius 2 is 2.12 bits per heavy atom. The van der Waals surface area contributed by atoms with Gasteiger partial charge in [0.25, 0.3) is 0 Å². The number of hydrogen-bond acceptors (Lipinski definition) is 5. The lowest BCUT2D eigenvalue weighted by Gasteiger charge is -2.33. The lowest BCUT2D eigenvalue weighted by Crippen LogP contribution is -2.52. The van der Waals surface area contributed by atoms with Gasteiger partial charge in [0.05, 0.1) is 30.0 Å². The maximum atomic E-state index is 9.36. The van der Waals surface area contributed by atoms with Gasteiger partial charge in [-0.05, 0) is 20.3 Å². The van der Waals surface area contributed by atoms with Gasteiger partial charge in [-0.3, -0.25) is 5.32 Å². The molecule has 5 heteroatoms. The highest BCUT2D eigenvalue weighted by Gasteiger charge is 2.29. The Balaban J connectivity index is 2.76. The van der Waals surface area contributed by atoms with Gasteiger partial charge in [-0.15, -0.1) is 11.3 Å². The lowest BCUT2D eigenvalue weighted by molar-refractivity contribution is 0.0795. The molecule has 0 radical (unpaired) electrons. The second-order valence-corrected chi connectivity index (χ2v) is 5.00. The van der Waals surface area contributed by atoms with E-state index in [2.05, 4.69) is 10.3 Å². The number of aromatic nitrogens is 1. The van der Waals surface area contributed by atoms with E-state index in [4.69, 9.17) is 0 Å². The smallest absolute Gasteiger partial charge is 0.0798 e. The minimum Gasteiger partial charge on any atom is -0.394 e. The number of nitrogens with one attached hydrogen (secondary N) is 1. The summed E-state index contributed by atoms with van der Waals surface area (Å²) in [5, 5.41) is 22.0. The SMILES string of the molecule is CCC(CO)(CO)NC(C)c1scnc1C. The van der Waals surface area contributed by atoms with Gasteiger partial charge >= 0.3 is 0 Å². The fourth-order valence-corrected chi connectivity index (χ4v) is 2.53. The average Bonchev–Trinajstić information content (AvgIpc) is 2.72. The van der Waals surface area contributed by atoms with Crippen molar-refractivity contribution >= 4 is 11.3 Å². The molecule has 4 nitrogen and oxygen atoms in total. The number of thiazole rings is 1. The number of hydrogen-bond donors (Lipinski definition) is 3. The van der Waals surface area contributed by atoms with E-state index >= 15 is 0 Å². The van der Waals surface area contributed by atoms with Crippen LogP contribution in [-0.4, -0.2) is 33.9 Å². The molecule has 1 rings (SSSR count). The minimum atomic E-state index is -0.601. The van der Waals surface area contributed by atoms with Crippen molar-refractivity contribution in [3.05, 3.63) is 16.1 Å². The number of aliphatic hydroxyl groups is 2. The zero-order valence-corrected chi connectivity index (χ0v) is 10.8. The molecule has 0 spiro atoms. The van der Waals surface area contributed by atoms with Crippen LogP contribution in [0.4, 0.5) is 0 Å². The van der Waals surface area contributed by atoms with E-state index in [0.717, 1.165) is 10.6 Å². The predicted octanol–water partition coefficient (Wildman–Crippen LogP) is 1.24. The minimum absolute atomic E-state index is 0.0673. The Labute approximate surface area is 100 Å². The van der Waals surface area contributed by atoms with Crippen LogP contribution >= 0.6 is 11.3 Å². The van der Waals surface area contributed by atoms with Gasteiger partial charge in [-0.1, -0.05) is 6.92 Å². The maximum Gasteiger partial charge on any atom is 0.0798 e. The van der Waals surface area contributed by atoms with E-state index in [-0.39, 0.29) is 19.3 Å². The van der Waals surface area contributed by atoms with E-state index in [1.807, 2.05) is 26.3 Å². The largest absolute Gasteiger partial charge is 0.394 e. The summed E-state index contributed by atoms with van der Waals surface area (Å²) in [6.45, 7) is 5.81. The highest BCUT2D eigenvalue weighted by atomic mass is 32.1. The van der Waals surface area contributed by atoms with Crippen molar-refractivity contribution in [3.63, 3.8) is 0 Å². The molecule has 0 aliphatic heterocycles. The molecule has 1 unspecified atom stereocenters. The molecule has 0 fully saturated rings. The number of aliphatic hydroxyl groups excluding tert-OH is 2. The fraction of sp³-hybridized carbons (Fsp3) is 0.727. The molecule has 0 saturated heterocycles. The van der Waals surface area contributed by atoms with Crippen molar-refractivity contribution in [2.45, 2.75) is 38.8 Å². The molecule has 0 aromatic carbocycles. The predicted molar refractivity (Wildman–Crippen MR) is 65.6 cm³/mol. The van der Waals surface area contributed by atoms with Crippen molar-refractivity contribution in [3.8, 4) is 0 Å². The summed E-state index contributed by atoms with van der Waals surface area (Å²) in [6.07, 6.45) is 0.683. The van der Waals surface area contributed by atoms with Crippen LogP contribution < -0.4 is 5.32 Å². The highest BCUT2D eigenvalue weighted by molar-refractivity contribution is 7.09. The van der Waals surface area contributed by atoms with Crippen molar-refractivity contribution in [2.24, 2.45) is 0 Å². The van der Waals surface area contributed by atoms with Gasteiger partial charge in [0.2, 0.25) is 0 Å². The number of nitrogens with zero attached hydrogens (tertiary/aromatic N) is 1. The molecule has 3 N–H and O–H groups in total. The Morgan fingerprint density at radius 3 is 2.50 bits per heavy atom. The normalized spacial score (nSPS) is 14.1. The monoisotopic (exact) mass is 244 g/mol. The summed E-state index contributed by atoms with van der Waals surface area (Å²) in [6, 6.07) is 0.0896.